The normalized spacial score (nSPS) is 24.7. The summed E-state index contributed by atoms with van der Waals surface area (Å²) in [6.45, 7) is 4.28. The van der Waals surface area contributed by atoms with Gasteiger partial charge in [-0.3, -0.25) is 14.7 Å². The van der Waals surface area contributed by atoms with Crippen LogP contribution in [0.2, 0.25) is 10.0 Å². The number of rotatable bonds is 4. The number of nitrogens with zero attached hydrogens (tertiary/aromatic N) is 2. The van der Waals surface area contributed by atoms with Crippen LogP contribution in [0.1, 0.15) is 51.0 Å². The second kappa shape index (κ2) is 10.2. The molecule has 164 valence electrons. The molecule has 1 fully saturated rings. The molecule has 2 heterocycles. The van der Waals surface area contributed by atoms with Crippen molar-refractivity contribution in [3.63, 3.8) is 0 Å². The lowest BCUT2D eigenvalue weighted by atomic mass is 9.87. The van der Waals surface area contributed by atoms with Gasteiger partial charge in [-0.25, -0.2) is 0 Å². The van der Waals surface area contributed by atoms with Crippen LogP contribution in [0.15, 0.2) is 52.7 Å². The van der Waals surface area contributed by atoms with E-state index >= 15 is 0 Å². The summed E-state index contributed by atoms with van der Waals surface area (Å²) < 4.78 is 0. The molecule has 1 saturated heterocycles. The van der Waals surface area contributed by atoms with Crippen molar-refractivity contribution >= 4 is 40.9 Å². The van der Waals surface area contributed by atoms with Crippen LogP contribution >= 0.6 is 23.2 Å². The third kappa shape index (κ3) is 5.49. The summed E-state index contributed by atoms with van der Waals surface area (Å²) in [5.41, 5.74) is 3.80. The maximum Gasteiger partial charge on any atom is 0.231 e. The highest BCUT2D eigenvalue weighted by Crippen LogP contribution is 2.35. The van der Waals surface area contributed by atoms with Crippen LogP contribution in [0.5, 0.6) is 0 Å². The Kier molecular flexibility index (Phi) is 7.31. The van der Waals surface area contributed by atoms with E-state index in [4.69, 9.17) is 28.2 Å². The first-order valence-corrected chi connectivity index (χ1v) is 11.9. The fourth-order valence-electron chi connectivity index (χ4n) is 4.47. The number of allylic oxidation sites excluding steroid dienone is 4. The van der Waals surface area contributed by atoms with Gasteiger partial charge in [0.15, 0.2) is 0 Å². The molecule has 0 bridgehead atoms. The Morgan fingerprint density at radius 3 is 2.55 bits per heavy atom. The zero-order valence-corrected chi connectivity index (χ0v) is 19.4. The van der Waals surface area contributed by atoms with E-state index in [1.807, 2.05) is 31.3 Å². The van der Waals surface area contributed by atoms with Crippen LogP contribution in [0.4, 0.5) is 0 Å². The van der Waals surface area contributed by atoms with E-state index in [0.29, 0.717) is 16.5 Å². The predicted molar refractivity (Wildman–Crippen MR) is 129 cm³/mol. The summed E-state index contributed by atoms with van der Waals surface area (Å²) >= 11 is 12.5. The molecular weight excluding hydrogens is 429 g/mol. The van der Waals surface area contributed by atoms with Crippen molar-refractivity contribution < 1.29 is 4.79 Å². The molecule has 1 aromatic rings. The van der Waals surface area contributed by atoms with Crippen molar-refractivity contribution in [2.75, 3.05) is 13.1 Å². The third-order valence-corrected chi connectivity index (χ3v) is 6.84. The van der Waals surface area contributed by atoms with Crippen LogP contribution in [0, 0.1) is 5.92 Å². The minimum Gasteiger partial charge on any atom is -0.324 e. The number of aliphatic imine (C=N–C) groups is 1. The van der Waals surface area contributed by atoms with E-state index in [-0.39, 0.29) is 18.0 Å². The quantitative estimate of drug-likeness (QED) is 0.600. The number of benzene rings is 1. The average Bonchev–Trinajstić information content (AvgIpc) is 3.05. The van der Waals surface area contributed by atoms with E-state index in [0.717, 1.165) is 41.9 Å². The van der Waals surface area contributed by atoms with Crippen molar-refractivity contribution in [2.24, 2.45) is 10.9 Å². The zero-order valence-electron chi connectivity index (χ0n) is 17.9. The van der Waals surface area contributed by atoms with Crippen LogP contribution in [-0.2, 0) is 4.79 Å². The topological polar surface area (TPSA) is 44.7 Å². The highest BCUT2D eigenvalue weighted by molar-refractivity contribution is 6.35. The molecule has 1 amide bonds. The second-order valence-electron chi connectivity index (χ2n) is 8.53. The van der Waals surface area contributed by atoms with Gasteiger partial charge in [-0.2, -0.15) is 0 Å². The maximum atomic E-state index is 13.0. The van der Waals surface area contributed by atoms with Gasteiger partial charge in [0.05, 0.1) is 11.6 Å². The van der Waals surface area contributed by atoms with Crippen molar-refractivity contribution in [3.05, 3.63) is 63.3 Å². The van der Waals surface area contributed by atoms with Gasteiger partial charge in [-0.05, 0) is 49.5 Å². The number of dihydropyridines is 1. The lowest BCUT2D eigenvalue weighted by molar-refractivity contribution is -0.122. The molecular formula is C25H29Cl2N3O. The number of hydrogen-bond donors (Lipinski definition) is 1. The largest absolute Gasteiger partial charge is 0.324 e. The van der Waals surface area contributed by atoms with E-state index in [2.05, 4.69) is 22.4 Å². The summed E-state index contributed by atoms with van der Waals surface area (Å²) in [7, 11) is 0. The Labute approximate surface area is 194 Å². The van der Waals surface area contributed by atoms with Gasteiger partial charge < -0.3 is 5.32 Å². The Morgan fingerprint density at radius 2 is 1.87 bits per heavy atom. The first-order chi connectivity index (χ1) is 15.0. The Bertz CT molecular complexity index is 956. The van der Waals surface area contributed by atoms with Gasteiger partial charge in [0.2, 0.25) is 5.91 Å². The molecule has 1 N–H and O–H groups in total. The zero-order chi connectivity index (χ0) is 21.8. The molecule has 6 heteroatoms. The molecule has 2 aliphatic heterocycles. The van der Waals surface area contributed by atoms with Crippen LogP contribution in [0.3, 0.4) is 0 Å². The fourth-order valence-corrected chi connectivity index (χ4v) is 4.98. The molecule has 2 unspecified atom stereocenters. The molecule has 0 radical (unpaired) electrons. The maximum absolute atomic E-state index is 13.0. The van der Waals surface area contributed by atoms with Gasteiger partial charge in [-0.1, -0.05) is 60.3 Å². The minimum absolute atomic E-state index is 0.0164. The number of nitrogens with one attached hydrogen (secondary N) is 1. The fraction of sp³-hybridized carbons (Fsp3) is 0.440. The lowest BCUT2D eigenvalue weighted by Gasteiger charge is -2.29. The van der Waals surface area contributed by atoms with Crippen molar-refractivity contribution in [2.45, 2.75) is 51.6 Å². The van der Waals surface area contributed by atoms with Gasteiger partial charge in [0, 0.05) is 41.3 Å². The van der Waals surface area contributed by atoms with Crippen molar-refractivity contribution in [1.29, 1.82) is 0 Å². The number of carbonyl (C=O) groups is 1. The monoisotopic (exact) mass is 457 g/mol. The molecule has 2 atom stereocenters. The van der Waals surface area contributed by atoms with E-state index in [9.17, 15) is 4.79 Å². The van der Waals surface area contributed by atoms with E-state index in [1.54, 1.807) is 6.07 Å². The van der Waals surface area contributed by atoms with Crippen molar-refractivity contribution in [3.8, 4) is 0 Å². The molecule has 3 aliphatic rings. The molecule has 0 aromatic heterocycles. The molecule has 31 heavy (non-hydrogen) atoms. The number of likely N-dealkylation sites (tertiary alicyclic amines) is 1. The van der Waals surface area contributed by atoms with Crippen LogP contribution < -0.4 is 5.32 Å². The van der Waals surface area contributed by atoms with Gasteiger partial charge in [-0.15, -0.1) is 0 Å². The number of amides is 1. The SMILES string of the molecule is CC1=CCC(C(=O)NC2=CCC(N3CCCCCC3)N=C2)C=C1c1ccc(Cl)cc1Cl. The Hall–Kier alpha value is -1.88. The molecule has 0 spiro atoms. The minimum atomic E-state index is -0.247. The van der Waals surface area contributed by atoms with Crippen LogP contribution in [-0.4, -0.2) is 36.3 Å². The highest BCUT2D eigenvalue weighted by Gasteiger charge is 2.24. The first-order valence-electron chi connectivity index (χ1n) is 11.1. The number of hydrogen-bond acceptors (Lipinski definition) is 3. The Balaban J connectivity index is 1.41. The van der Waals surface area contributed by atoms with Gasteiger partial charge in [0.1, 0.15) is 6.17 Å². The highest BCUT2D eigenvalue weighted by atomic mass is 35.5. The number of carbonyl (C=O) groups excluding carboxylic acids is 1. The standard InChI is InChI=1S/C25H29Cl2N3O/c1-17-6-7-18(14-22(17)21-10-8-19(26)15-23(21)27)25(31)29-20-9-11-24(28-16-20)30-12-4-2-3-5-13-30/h6,8-10,14-16,18,24H,2-5,7,11-13H2,1H3,(H,29,31). The van der Waals surface area contributed by atoms with E-state index < -0.39 is 0 Å². The second-order valence-corrected chi connectivity index (χ2v) is 9.37. The molecule has 0 saturated carbocycles. The summed E-state index contributed by atoms with van der Waals surface area (Å²) in [5, 5.41) is 4.25. The molecule has 1 aromatic carbocycles. The third-order valence-electron chi connectivity index (χ3n) is 6.29. The molecule has 4 nitrogen and oxygen atoms in total. The smallest absolute Gasteiger partial charge is 0.231 e. The summed E-state index contributed by atoms with van der Waals surface area (Å²) in [6, 6.07) is 5.47. The summed E-state index contributed by atoms with van der Waals surface area (Å²) in [4.78, 5) is 20.2. The summed E-state index contributed by atoms with van der Waals surface area (Å²) in [6.07, 6.45) is 14.9. The van der Waals surface area contributed by atoms with Crippen LogP contribution in [0.25, 0.3) is 5.57 Å². The predicted octanol–water partition coefficient (Wildman–Crippen LogP) is 6.02. The molecule has 1 aliphatic carbocycles. The van der Waals surface area contributed by atoms with Gasteiger partial charge >= 0.3 is 0 Å². The first kappa shape index (κ1) is 22.3. The lowest BCUT2D eigenvalue weighted by Crippen LogP contribution is -2.37. The van der Waals surface area contributed by atoms with Crippen molar-refractivity contribution in [1.82, 2.24) is 10.2 Å². The van der Waals surface area contributed by atoms with Gasteiger partial charge in [0.25, 0.3) is 0 Å². The average molecular weight is 458 g/mol. The van der Waals surface area contributed by atoms with E-state index in [1.165, 1.54) is 25.7 Å². The number of halogens is 2. The summed E-state index contributed by atoms with van der Waals surface area (Å²) in [5.74, 6) is -0.264. The Morgan fingerprint density at radius 1 is 1.10 bits per heavy atom. The molecule has 4 rings (SSSR count).